The minimum atomic E-state index is 0.315. The Morgan fingerprint density at radius 3 is 3.14 bits per heavy atom. The topological polar surface area (TPSA) is 30.9 Å². The molecule has 1 atom stereocenters. The van der Waals surface area contributed by atoms with E-state index < -0.39 is 0 Å². The Bertz CT molecular complexity index is 496. The second-order valence-electron chi connectivity index (χ2n) is 4.22. The first-order valence-corrected chi connectivity index (χ1v) is 5.09. The highest BCUT2D eigenvalue weighted by atomic mass is 15.0. The van der Waals surface area contributed by atoms with Crippen molar-refractivity contribution >= 4 is 10.9 Å². The number of benzene rings is 1. The van der Waals surface area contributed by atoms with Crippen molar-refractivity contribution in [2.24, 2.45) is 5.73 Å². The Morgan fingerprint density at radius 2 is 2.29 bits per heavy atom. The lowest BCUT2D eigenvalue weighted by Crippen LogP contribution is -2.20. The molecule has 0 radical (unpaired) electrons. The van der Waals surface area contributed by atoms with Crippen molar-refractivity contribution in [2.75, 3.05) is 0 Å². The van der Waals surface area contributed by atoms with Crippen LogP contribution in [0.15, 0.2) is 24.3 Å². The quantitative estimate of drug-likeness (QED) is 0.668. The average Bonchev–Trinajstić information content (AvgIpc) is 2.63. The Kier molecular flexibility index (Phi) is 1.50. The molecule has 0 saturated carbocycles. The summed E-state index contributed by atoms with van der Waals surface area (Å²) in [4.78, 5) is 0. The van der Waals surface area contributed by atoms with E-state index in [9.17, 15) is 0 Å². The summed E-state index contributed by atoms with van der Waals surface area (Å²) >= 11 is 0. The van der Waals surface area contributed by atoms with Gasteiger partial charge in [0.1, 0.15) is 0 Å². The normalized spacial score (nSPS) is 20.3. The van der Waals surface area contributed by atoms with E-state index >= 15 is 0 Å². The van der Waals surface area contributed by atoms with Gasteiger partial charge in [0.2, 0.25) is 0 Å². The van der Waals surface area contributed by atoms with Crippen molar-refractivity contribution < 1.29 is 0 Å². The SMILES string of the molecule is Cc1cccc2c1cc1n2CC(N)C1. The first-order chi connectivity index (χ1) is 6.75. The van der Waals surface area contributed by atoms with Crippen molar-refractivity contribution in [1.29, 1.82) is 0 Å². The molecule has 1 aliphatic rings. The molecule has 2 heteroatoms. The van der Waals surface area contributed by atoms with Gasteiger partial charge in [-0.25, -0.2) is 0 Å². The minimum Gasteiger partial charge on any atom is -0.343 e. The number of nitrogens with two attached hydrogens (primary N) is 1. The number of aromatic nitrogens is 1. The lowest BCUT2D eigenvalue weighted by molar-refractivity contribution is 0.652. The summed E-state index contributed by atoms with van der Waals surface area (Å²) in [5.41, 5.74) is 10.0. The number of hydrogen-bond acceptors (Lipinski definition) is 1. The van der Waals surface area contributed by atoms with E-state index in [0.29, 0.717) is 6.04 Å². The lowest BCUT2D eigenvalue weighted by Gasteiger charge is -2.03. The molecule has 3 rings (SSSR count). The van der Waals surface area contributed by atoms with Crippen LogP contribution in [0.25, 0.3) is 10.9 Å². The van der Waals surface area contributed by atoms with Crippen molar-refractivity contribution in [2.45, 2.75) is 25.9 Å². The van der Waals surface area contributed by atoms with Gasteiger partial charge in [0, 0.05) is 35.6 Å². The second kappa shape index (κ2) is 2.61. The molecule has 14 heavy (non-hydrogen) atoms. The molecule has 0 bridgehead atoms. The van der Waals surface area contributed by atoms with Gasteiger partial charge in [-0.15, -0.1) is 0 Å². The summed E-state index contributed by atoms with van der Waals surface area (Å²) in [6.07, 6.45) is 1.02. The minimum absolute atomic E-state index is 0.315. The average molecular weight is 186 g/mol. The largest absolute Gasteiger partial charge is 0.343 e. The van der Waals surface area contributed by atoms with Crippen LogP contribution in [0.2, 0.25) is 0 Å². The van der Waals surface area contributed by atoms with Gasteiger partial charge >= 0.3 is 0 Å². The van der Waals surface area contributed by atoms with E-state index in [1.54, 1.807) is 0 Å². The second-order valence-corrected chi connectivity index (χ2v) is 4.22. The smallest absolute Gasteiger partial charge is 0.0485 e. The molecular weight excluding hydrogens is 172 g/mol. The van der Waals surface area contributed by atoms with Crippen LogP contribution in [0.5, 0.6) is 0 Å². The molecule has 2 aromatic rings. The summed E-state index contributed by atoms with van der Waals surface area (Å²) in [7, 11) is 0. The van der Waals surface area contributed by atoms with Gasteiger partial charge in [-0.1, -0.05) is 12.1 Å². The number of rotatable bonds is 0. The fraction of sp³-hybridized carbons (Fsp3) is 0.333. The Morgan fingerprint density at radius 1 is 1.43 bits per heavy atom. The van der Waals surface area contributed by atoms with E-state index in [4.69, 9.17) is 5.73 Å². The summed E-state index contributed by atoms with van der Waals surface area (Å²) in [5, 5.41) is 1.38. The summed E-state index contributed by atoms with van der Waals surface area (Å²) in [6.45, 7) is 3.14. The Hall–Kier alpha value is -1.28. The van der Waals surface area contributed by atoms with E-state index in [1.807, 2.05) is 0 Å². The van der Waals surface area contributed by atoms with E-state index in [1.165, 1.54) is 22.2 Å². The van der Waals surface area contributed by atoms with Gasteiger partial charge in [0.15, 0.2) is 0 Å². The number of fused-ring (bicyclic) bond motifs is 3. The van der Waals surface area contributed by atoms with Crippen LogP contribution < -0.4 is 5.73 Å². The van der Waals surface area contributed by atoms with Crippen LogP contribution in [0, 0.1) is 6.92 Å². The van der Waals surface area contributed by atoms with Crippen LogP contribution >= 0.6 is 0 Å². The van der Waals surface area contributed by atoms with Gasteiger partial charge in [-0.2, -0.15) is 0 Å². The molecule has 1 aromatic carbocycles. The Labute approximate surface area is 83.3 Å². The van der Waals surface area contributed by atoms with Crippen molar-refractivity contribution in [3.63, 3.8) is 0 Å². The molecule has 1 aliphatic heterocycles. The maximum Gasteiger partial charge on any atom is 0.0485 e. The molecule has 0 spiro atoms. The zero-order chi connectivity index (χ0) is 9.71. The fourth-order valence-corrected chi connectivity index (χ4v) is 2.44. The molecule has 2 N–H and O–H groups in total. The standard InChI is InChI=1S/C12H14N2/c1-8-3-2-4-12-11(8)6-10-5-9(13)7-14(10)12/h2-4,6,9H,5,7,13H2,1H3. The van der Waals surface area contributed by atoms with Crippen molar-refractivity contribution in [3.05, 3.63) is 35.5 Å². The van der Waals surface area contributed by atoms with E-state index in [0.717, 1.165) is 13.0 Å². The predicted octanol–water partition coefficient (Wildman–Crippen LogP) is 1.83. The number of nitrogens with zero attached hydrogens (tertiary/aromatic N) is 1. The molecule has 0 amide bonds. The maximum atomic E-state index is 5.94. The first-order valence-electron chi connectivity index (χ1n) is 5.09. The molecular formula is C12H14N2. The van der Waals surface area contributed by atoms with Gasteiger partial charge in [-0.3, -0.25) is 0 Å². The highest BCUT2D eigenvalue weighted by molar-refractivity contribution is 5.85. The molecule has 1 unspecified atom stereocenters. The molecule has 2 nitrogen and oxygen atoms in total. The van der Waals surface area contributed by atoms with E-state index in [-0.39, 0.29) is 0 Å². The van der Waals surface area contributed by atoms with Crippen LogP contribution in [0.1, 0.15) is 11.3 Å². The molecule has 2 heterocycles. The Balaban J connectivity index is 2.33. The summed E-state index contributed by atoms with van der Waals surface area (Å²) in [6, 6.07) is 9.07. The zero-order valence-electron chi connectivity index (χ0n) is 8.33. The summed E-state index contributed by atoms with van der Waals surface area (Å²) in [5.74, 6) is 0. The molecule has 72 valence electrons. The summed E-state index contributed by atoms with van der Waals surface area (Å²) < 4.78 is 2.35. The predicted molar refractivity (Wildman–Crippen MR) is 58.4 cm³/mol. The zero-order valence-corrected chi connectivity index (χ0v) is 8.33. The van der Waals surface area contributed by atoms with Gasteiger partial charge < -0.3 is 10.3 Å². The lowest BCUT2D eigenvalue weighted by atomic mass is 10.1. The van der Waals surface area contributed by atoms with Crippen molar-refractivity contribution in [1.82, 2.24) is 4.57 Å². The molecule has 1 aromatic heterocycles. The third-order valence-corrected chi connectivity index (χ3v) is 3.14. The van der Waals surface area contributed by atoms with Crippen LogP contribution in [0.4, 0.5) is 0 Å². The van der Waals surface area contributed by atoms with Crippen LogP contribution in [-0.2, 0) is 13.0 Å². The fourth-order valence-electron chi connectivity index (χ4n) is 2.44. The highest BCUT2D eigenvalue weighted by Gasteiger charge is 2.20. The van der Waals surface area contributed by atoms with Crippen molar-refractivity contribution in [3.8, 4) is 0 Å². The molecule has 0 fully saturated rings. The van der Waals surface area contributed by atoms with Gasteiger partial charge in [0.05, 0.1) is 0 Å². The third-order valence-electron chi connectivity index (χ3n) is 3.14. The first kappa shape index (κ1) is 8.06. The molecule has 0 aliphatic carbocycles. The number of hydrogen-bond donors (Lipinski definition) is 1. The van der Waals surface area contributed by atoms with Crippen LogP contribution in [0.3, 0.4) is 0 Å². The third kappa shape index (κ3) is 0.946. The van der Waals surface area contributed by atoms with Gasteiger partial charge in [0.25, 0.3) is 0 Å². The van der Waals surface area contributed by atoms with Gasteiger partial charge in [-0.05, 0) is 24.6 Å². The maximum absolute atomic E-state index is 5.94. The number of aryl methyl sites for hydroxylation is 1. The molecule has 0 saturated heterocycles. The van der Waals surface area contributed by atoms with Crippen LogP contribution in [-0.4, -0.2) is 10.6 Å². The monoisotopic (exact) mass is 186 g/mol. The highest BCUT2D eigenvalue weighted by Crippen LogP contribution is 2.27. The van der Waals surface area contributed by atoms with E-state index in [2.05, 4.69) is 35.8 Å².